The van der Waals surface area contributed by atoms with E-state index in [1.54, 1.807) is 0 Å². The van der Waals surface area contributed by atoms with Crippen molar-refractivity contribution in [1.82, 2.24) is 5.32 Å². The number of amides is 1. The summed E-state index contributed by atoms with van der Waals surface area (Å²) in [5, 5.41) is 12.3. The van der Waals surface area contributed by atoms with Gasteiger partial charge in [0.15, 0.2) is 0 Å². The third kappa shape index (κ3) is 3.55. The summed E-state index contributed by atoms with van der Waals surface area (Å²) in [6.07, 6.45) is 4.11. The monoisotopic (exact) mass is 262 g/mol. The Morgan fingerprint density at radius 3 is 2.53 bits per heavy atom. The molecule has 1 unspecified atom stereocenters. The average Bonchev–Trinajstić information content (AvgIpc) is 2.87. The van der Waals surface area contributed by atoms with Crippen LogP contribution in [0.1, 0.15) is 31.2 Å². The first-order valence-corrected chi connectivity index (χ1v) is 6.89. The molecule has 1 atom stereocenters. The molecule has 0 aliphatic heterocycles. The molecule has 0 saturated heterocycles. The lowest BCUT2D eigenvalue weighted by atomic mass is 9.97. The van der Waals surface area contributed by atoms with Crippen LogP contribution in [-0.2, 0) is 11.2 Å². The van der Waals surface area contributed by atoms with E-state index in [9.17, 15) is 9.90 Å². The van der Waals surface area contributed by atoms with Crippen LogP contribution in [0.25, 0.3) is 0 Å². The Balaban J connectivity index is 1.94. The van der Waals surface area contributed by atoms with Crippen LogP contribution in [0.4, 0.5) is 0 Å². The summed E-state index contributed by atoms with van der Waals surface area (Å²) in [7, 11) is 0. The summed E-state index contributed by atoms with van der Waals surface area (Å²) in [6, 6.07) is 9.56. The zero-order valence-electron chi connectivity index (χ0n) is 11.1. The second-order valence-corrected chi connectivity index (χ2v) is 5.41. The molecular formula is C15H22N2O2. The van der Waals surface area contributed by atoms with Gasteiger partial charge in [-0.2, -0.15) is 0 Å². The maximum atomic E-state index is 12.2. The first kappa shape index (κ1) is 14.0. The smallest absolute Gasteiger partial charge is 0.240 e. The fourth-order valence-corrected chi connectivity index (χ4v) is 2.62. The molecule has 1 fully saturated rings. The van der Waals surface area contributed by atoms with Crippen molar-refractivity contribution in [2.45, 2.75) is 43.7 Å². The summed E-state index contributed by atoms with van der Waals surface area (Å²) in [6.45, 7) is -0.0727. The standard InChI is InChI=1S/C15H22N2O2/c16-15(8-4-5-9-15)14(19)17-13(11-18)10-12-6-2-1-3-7-12/h1-3,6-7,13,18H,4-5,8-11,16H2,(H,17,19). The highest BCUT2D eigenvalue weighted by Crippen LogP contribution is 2.27. The number of benzene rings is 1. The predicted molar refractivity (Wildman–Crippen MR) is 74.5 cm³/mol. The quantitative estimate of drug-likeness (QED) is 0.740. The highest BCUT2D eigenvalue weighted by atomic mass is 16.3. The molecule has 0 spiro atoms. The third-order valence-electron chi connectivity index (χ3n) is 3.83. The lowest BCUT2D eigenvalue weighted by Gasteiger charge is -2.26. The predicted octanol–water partition coefficient (Wildman–Crippen LogP) is 0.978. The molecule has 1 aliphatic carbocycles. The van der Waals surface area contributed by atoms with Crippen molar-refractivity contribution in [3.63, 3.8) is 0 Å². The van der Waals surface area contributed by atoms with Gasteiger partial charge in [0.25, 0.3) is 0 Å². The fourth-order valence-electron chi connectivity index (χ4n) is 2.62. The van der Waals surface area contributed by atoms with Crippen molar-refractivity contribution in [3.8, 4) is 0 Å². The molecule has 1 aliphatic rings. The molecule has 0 heterocycles. The van der Waals surface area contributed by atoms with Crippen molar-refractivity contribution >= 4 is 5.91 Å². The van der Waals surface area contributed by atoms with E-state index in [1.165, 1.54) is 0 Å². The SMILES string of the molecule is NC1(C(=O)NC(CO)Cc2ccccc2)CCCC1. The minimum absolute atomic E-state index is 0.0727. The molecule has 4 heteroatoms. The van der Waals surface area contributed by atoms with Gasteiger partial charge in [-0.05, 0) is 24.8 Å². The Labute approximate surface area is 114 Å². The van der Waals surface area contributed by atoms with Gasteiger partial charge in [-0.15, -0.1) is 0 Å². The molecule has 4 N–H and O–H groups in total. The number of nitrogens with one attached hydrogen (secondary N) is 1. The molecular weight excluding hydrogens is 240 g/mol. The molecule has 1 aromatic rings. The van der Waals surface area contributed by atoms with Crippen molar-refractivity contribution in [2.75, 3.05) is 6.61 Å². The second-order valence-electron chi connectivity index (χ2n) is 5.41. The van der Waals surface area contributed by atoms with Crippen molar-refractivity contribution in [2.24, 2.45) is 5.73 Å². The van der Waals surface area contributed by atoms with Crippen LogP contribution < -0.4 is 11.1 Å². The number of hydrogen-bond donors (Lipinski definition) is 3. The van der Waals surface area contributed by atoms with E-state index in [2.05, 4.69) is 5.32 Å². The minimum Gasteiger partial charge on any atom is -0.394 e. The molecule has 1 saturated carbocycles. The Hall–Kier alpha value is -1.39. The number of carbonyl (C=O) groups excluding carboxylic acids is 1. The summed E-state index contributed by atoms with van der Waals surface area (Å²) in [5.41, 5.74) is 6.47. The fraction of sp³-hybridized carbons (Fsp3) is 0.533. The molecule has 0 aromatic heterocycles. The number of hydrogen-bond acceptors (Lipinski definition) is 3. The van der Waals surface area contributed by atoms with E-state index in [0.29, 0.717) is 6.42 Å². The van der Waals surface area contributed by atoms with Crippen molar-refractivity contribution < 1.29 is 9.90 Å². The van der Waals surface area contributed by atoms with Gasteiger partial charge >= 0.3 is 0 Å². The minimum atomic E-state index is -0.732. The summed E-state index contributed by atoms with van der Waals surface area (Å²) in [4.78, 5) is 12.2. The van der Waals surface area contributed by atoms with E-state index in [-0.39, 0.29) is 18.6 Å². The van der Waals surface area contributed by atoms with E-state index < -0.39 is 5.54 Å². The number of aliphatic hydroxyl groups is 1. The van der Waals surface area contributed by atoms with Gasteiger partial charge in [0.05, 0.1) is 18.2 Å². The largest absolute Gasteiger partial charge is 0.394 e. The Morgan fingerprint density at radius 2 is 1.95 bits per heavy atom. The topological polar surface area (TPSA) is 75.4 Å². The highest BCUT2D eigenvalue weighted by molar-refractivity contribution is 5.86. The summed E-state index contributed by atoms with van der Waals surface area (Å²) < 4.78 is 0. The Bertz CT molecular complexity index is 413. The molecule has 1 amide bonds. The van der Waals surface area contributed by atoms with Gasteiger partial charge in [0.1, 0.15) is 0 Å². The number of aliphatic hydroxyl groups excluding tert-OH is 1. The Kier molecular flexibility index (Phi) is 4.56. The molecule has 1 aromatic carbocycles. The van der Waals surface area contributed by atoms with Gasteiger partial charge in [-0.25, -0.2) is 0 Å². The van der Waals surface area contributed by atoms with Crippen molar-refractivity contribution in [1.29, 1.82) is 0 Å². The molecule has 0 radical (unpaired) electrons. The van der Waals surface area contributed by atoms with Crippen molar-refractivity contribution in [3.05, 3.63) is 35.9 Å². The molecule has 0 bridgehead atoms. The zero-order chi connectivity index (χ0) is 13.7. The van der Waals surface area contributed by atoms with Gasteiger partial charge < -0.3 is 16.2 Å². The molecule has 19 heavy (non-hydrogen) atoms. The first-order chi connectivity index (χ1) is 9.14. The summed E-state index contributed by atoms with van der Waals surface area (Å²) in [5.74, 6) is -0.125. The molecule has 2 rings (SSSR count). The number of nitrogens with two attached hydrogens (primary N) is 1. The van der Waals surface area contributed by atoms with Gasteiger partial charge in [0.2, 0.25) is 5.91 Å². The number of carbonyl (C=O) groups is 1. The van der Waals surface area contributed by atoms with Crippen LogP contribution in [0.5, 0.6) is 0 Å². The van der Waals surface area contributed by atoms with Gasteiger partial charge in [-0.3, -0.25) is 4.79 Å². The van der Waals surface area contributed by atoms with Crippen LogP contribution in [0.3, 0.4) is 0 Å². The van der Waals surface area contributed by atoms with Crippen LogP contribution in [0.2, 0.25) is 0 Å². The normalized spacial score (nSPS) is 19.1. The maximum Gasteiger partial charge on any atom is 0.240 e. The van der Waals surface area contributed by atoms with Crippen LogP contribution in [0.15, 0.2) is 30.3 Å². The maximum absolute atomic E-state index is 12.2. The zero-order valence-corrected chi connectivity index (χ0v) is 11.1. The lowest BCUT2D eigenvalue weighted by molar-refractivity contribution is -0.127. The Morgan fingerprint density at radius 1 is 1.32 bits per heavy atom. The third-order valence-corrected chi connectivity index (χ3v) is 3.83. The van der Waals surface area contributed by atoms with E-state index in [4.69, 9.17) is 5.73 Å². The van der Waals surface area contributed by atoms with Crippen LogP contribution >= 0.6 is 0 Å². The molecule has 4 nitrogen and oxygen atoms in total. The second kappa shape index (κ2) is 6.17. The average molecular weight is 262 g/mol. The van der Waals surface area contributed by atoms with E-state index >= 15 is 0 Å². The number of rotatable bonds is 5. The van der Waals surface area contributed by atoms with Crippen LogP contribution in [0, 0.1) is 0 Å². The van der Waals surface area contributed by atoms with E-state index in [1.807, 2.05) is 30.3 Å². The van der Waals surface area contributed by atoms with E-state index in [0.717, 1.165) is 31.2 Å². The van der Waals surface area contributed by atoms with Gasteiger partial charge in [0, 0.05) is 0 Å². The highest BCUT2D eigenvalue weighted by Gasteiger charge is 2.37. The first-order valence-electron chi connectivity index (χ1n) is 6.89. The lowest BCUT2D eigenvalue weighted by Crippen LogP contribution is -2.55. The van der Waals surface area contributed by atoms with Crippen LogP contribution in [-0.4, -0.2) is 29.2 Å². The van der Waals surface area contributed by atoms with Gasteiger partial charge in [-0.1, -0.05) is 43.2 Å². The molecule has 104 valence electrons. The summed E-state index contributed by atoms with van der Waals surface area (Å²) >= 11 is 0.